The first-order chi connectivity index (χ1) is 13.1. The van der Waals surface area contributed by atoms with E-state index < -0.39 is 0 Å². The molecule has 0 saturated heterocycles. The Balaban J connectivity index is 1.70. The molecule has 3 aromatic rings. The molecule has 0 unspecified atom stereocenters. The summed E-state index contributed by atoms with van der Waals surface area (Å²) < 4.78 is 10.5. The minimum absolute atomic E-state index is 0.236. The lowest BCUT2D eigenvalue weighted by Crippen LogP contribution is -2.07. The zero-order chi connectivity index (χ0) is 19.2. The second kappa shape index (κ2) is 8.37. The summed E-state index contributed by atoms with van der Waals surface area (Å²) in [5.74, 6) is 1.01. The van der Waals surface area contributed by atoms with Gasteiger partial charge in [0, 0.05) is 22.7 Å². The number of carbonyl (C=O) groups is 1. The molecule has 0 spiro atoms. The normalized spacial score (nSPS) is 10.7. The highest BCUT2D eigenvalue weighted by Crippen LogP contribution is 2.28. The number of aromatic nitrogens is 1. The van der Waals surface area contributed by atoms with Crippen LogP contribution in [0.1, 0.15) is 5.56 Å². The van der Waals surface area contributed by atoms with Crippen LogP contribution in [0.2, 0.25) is 0 Å². The van der Waals surface area contributed by atoms with Gasteiger partial charge in [0.25, 0.3) is 0 Å². The summed E-state index contributed by atoms with van der Waals surface area (Å²) in [5, 5.41) is 5.24. The van der Waals surface area contributed by atoms with E-state index in [0.29, 0.717) is 22.3 Å². The van der Waals surface area contributed by atoms with Crippen molar-refractivity contribution < 1.29 is 14.3 Å². The zero-order valence-electron chi connectivity index (χ0n) is 14.9. The summed E-state index contributed by atoms with van der Waals surface area (Å²) in [5.41, 5.74) is 8.87. The van der Waals surface area contributed by atoms with E-state index in [0.717, 1.165) is 16.8 Å². The van der Waals surface area contributed by atoms with Gasteiger partial charge in [-0.3, -0.25) is 4.79 Å². The number of nitrogens with zero attached hydrogens (tertiary/aromatic N) is 1. The van der Waals surface area contributed by atoms with Gasteiger partial charge in [-0.1, -0.05) is 18.2 Å². The molecule has 0 aliphatic carbocycles. The van der Waals surface area contributed by atoms with Crippen molar-refractivity contribution in [1.29, 1.82) is 0 Å². The number of thiazole rings is 1. The summed E-state index contributed by atoms with van der Waals surface area (Å²) in [4.78, 5) is 16.5. The van der Waals surface area contributed by atoms with Gasteiger partial charge in [0.1, 0.15) is 0 Å². The maximum atomic E-state index is 12.2. The fraction of sp³-hybridized carbons (Fsp3) is 0.100. The smallest absolute Gasteiger partial charge is 0.248 e. The number of nitrogens with two attached hydrogens (primary N) is 1. The van der Waals surface area contributed by atoms with Crippen LogP contribution in [0.25, 0.3) is 17.3 Å². The summed E-state index contributed by atoms with van der Waals surface area (Å²) in [6.45, 7) is 0. The van der Waals surface area contributed by atoms with E-state index in [1.54, 1.807) is 32.4 Å². The maximum absolute atomic E-state index is 12.2. The molecule has 1 amide bonds. The Morgan fingerprint density at radius 2 is 1.96 bits per heavy atom. The molecule has 27 heavy (non-hydrogen) atoms. The molecule has 0 fully saturated rings. The average molecular weight is 381 g/mol. The van der Waals surface area contributed by atoms with Crippen molar-refractivity contribution >= 4 is 34.1 Å². The summed E-state index contributed by atoms with van der Waals surface area (Å²) in [6.07, 6.45) is 3.18. The van der Waals surface area contributed by atoms with Crippen LogP contribution in [-0.2, 0) is 4.79 Å². The first kappa shape index (κ1) is 18.5. The number of methoxy groups -OCH3 is 2. The Labute approximate surface area is 161 Å². The third-order valence-electron chi connectivity index (χ3n) is 3.78. The summed E-state index contributed by atoms with van der Waals surface area (Å²) >= 11 is 1.38. The Morgan fingerprint density at radius 3 is 2.67 bits per heavy atom. The molecule has 0 atom stereocenters. The van der Waals surface area contributed by atoms with E-state index in [2.05, 4.69) is 10.3 Å². The molecule has 1 aromatic heterocycles. The molecule has 0 aliphatic rings. The lowest BCUT2D eigenvalue weighted by Gasteiger charge is -2.07. The topological polar surface area (TPSA) is 86.5 Å². The number of carbonyl (C=O) groups excluding carboxylic acids is 1. The monoisotopic (exact) mass is 381 g/mol. The van der Waals surface area contributed by atoms with Crippen molar-refractivity contribution in [2.45, 2.75) is 0 Å². The van der Waals surface area contributed by atoms with E-state index in [-0.39, 0.29) is 5.91 Å². The molecule has 0 saturated carbocycles. The van der Waals surface area contributed by atoms with Gasteiger partial charge in [0.2, 0.25) is 5.91 Å². The van der Waals surface area contributed by atoms with Crippen LogP contribution in [0, 0.1) is 0 Å². The second-order valence-electron chi connectivity index (χ2n) is 5.59. The van der Waals surface area contributed by atoms with Crippen LogP contribution >= 0.6 is 11.3 Å². The zero-order valence-corrected chi connectivity index (χ0v) is 15.7. The molecule has 7 heteroatoms. The number of amides is 1. The SMILES string of the molecule is COc1ccc(/C=C/C(=O)Nc2cccc(-c3csc(N)n3)c2)cc1OC. The van der Waals surface area contributed by atoms with E-state index in [9.17, 15) is 4.79 Å². The van der Waals surface area contributed by atoms with Gasteiger partial charge in [-0.05, 0) is 35.9 Å². The van der Waals surface area contributed by atoms with Crippen molar-refractivity contribution in [2.24, 2.45) is 0 Å². The van der Waals surface area contributed by atoms with Crippen LogP contribution in [-0.4, -0.2) is 25.1 Å². The van der Waals surface area contributed by atoms with Gasteiger partial charge >= 0.3 is 0 Å². The van der Waals surface area contributed by atoms with Crippen LogP contribution < -0.4 is 20.5 Å². The highest BCUT2D eigenvalue weighted by molar-refractivity contribution is 7.13. The van der Waals surface area contributed by atoms with Crippen LogP contribution in [0.5, 0.6) is 11.5 Å². The Bertz CT molecular complexity index is 982. The number of hydrogen-bond donors (Lipinski definition) is 2. The number of ether oxygens (including phenoxy) is 2. The second-order valence-corrected chi connectivity index (χ2v) is 6.48. The average Bonchev–Trinajstić information content (AvgIpc) is 3.12. The number of benzene rings is 2. The fourth-order valence-corrected chi connectivity index (χ4v) is 3.06. The fourth-order valence-electron chi connectivity index (χ4n) is 2.49. The molecule has 2 aromatic carbocycles. The number of hydrogen-bond acceptors (Lipinski definition) is 6. The molecule has 0 radical (unpaired) electrons. The number of nitrogen functional groups attached to an aromatic ring is 1. The minimum atomic E-state index is -0.236. The van der Waals surface area contributed by atoms with Crippen molar-refractivity contribution in [2.75, 3.05) is 25.3 Å². The highest BCUT2D eigenvalue weighted by Gasteiger charge is 2.06. The van der Waals surface area contributed by atoms with Gasteiger partial charge in [0.15, 0.2) is 16.6 Å². The van der Waals surface area contributed by atoms with Crippen molar-refractivity contribution in [1.82, 2.24) is 4.98 Å². The minimum Gasteiger partial charge on any atom is -0.493 e. The molecular formula is C20H19N3O3S. The molecule has 0 aliphatic heterocycles. The highest BCUT2D eigenvalue weighted by atomic mass is 32.1. The van der Waals surface area contributed by atoms with Crippen molar-refractivity contribution in [3.63, 3.8) is 0 Å². The van der Waals surface area contributed by atoms with Crippen LogP contribution in [0.4, 0.5) is 10.8 Å². The van der Waals surface area contributed by atoms with Crippen LogP contribution in [0.15, 0.2) is 53.9 Å². The van der Waals surface area contributed by atoms with E-state index in [1.165, 1.54) is 17.4 Å². The lowest BCUT2D eigenvalue weighted by molar-refractivity contribution is -0.111. The van der Waals surface area contributed by atoms with E-state index >= 15 is 0 Å². The predicted molar refractivity (Wildman–Crippen MR) is 109 cm³/mol. The third kappa shape index (κ3) is 4.65. The molecular weight excluding hydrogens is 362 g/mol. The van der Waals surface area contributed by atoms with Crippen molar-refractivity contribution in [3.05, 3.63) is 59.5 Å². The Kier molecular flexibility index (Phi) is 5.73. The van der Waals surface area contributed by atoms with Gasteiger partial charge in [-0.25, -0.2) is 4.98 Å². The first-order valence-electron chi connectivity index (χ1n) is 8.11. The standard InChI is InChI=1S/C20H19N3O3S/c1-25-17-8-6-13(10-18(17)26-2)7-9-19(24)22-15-5-3-4-14(11-15)16-12-27-20(21)23-16/h3-12H,1-2H3,(H2,21,23)(H,22,24)/b9-7+. The molecule has 0 bridgehead atoms. The third-order valence-corrected chi connectivity index (χ3v) is 4.46. The maximum Gasteiger partial charge on any atom is 0.248 e. The van der Waals surface area contributed by atoms with Gasteiger partial charge < -0.3 is 20.5 Å². The Hall–Kier alpha value is -3.32. The number of anilines is 2. The molecule has 3 rings (SSSR count). The van der Waals surface area contributed by atoms with Crippen molar-refractivity contribution in [3.8, 4) is 22.8 Å². The summed E-state index contributed by atoms with van der Waals surface area (Å²) in [6, 6.07) is 12.9. The molecule has 138 valence electrons. The van der Waals surface area contributed by atoms with Gasteiger partial charge in [-0.15, -0.1) is 11.3 Å². The predicted octanol–water partition coefficient (Wildman–Crippen LogP) is 4.06. The largest absolute Gasteiger partial charge is 0.493 e. The number of rotatable bonds is 6. The quantitative estimate of drug-likeness (QED) is 0.629. The number of nitrogens with one attached hydrogen (secondary N) is 1. The van der Waals surface area contributed by atoms with Crippen LogP contribution in [0.3, 0.4) is 0 Å². The molecule has 3 N–H and O–H groups in total. The molecule has 6 nitrogen and oxygen atoms in total. The molecule has 1 heterocycles. The van der Waals surface area contributed by atoms with Gasteiger partial charge in [-0.2, -0.15) is 0 Å². The summed E-state index contributed by atoms with van der Waals surface area (Å²) in [7, 11) is 3.15. The van der Waals surface area contributed by atoms with Gasteiger partial charge in [0.05, 0.1) is 19.9 Å². The first-order valence-corrected chi connectivity index (χ1v) is 8.99. The Morgan fingerprint density at radius 1 is 1.15 bits per heavy atom. The van der Waals surface area contributed by atoms with E-state index in [4.69, 9.17) is 15.2 Å². The van der Waals surface area contributed by atoms with E-state index in [1.807, 2.05) is 35.7 Å². The lowest BCUT2D eigenvalue weighted by atomic mass is 10.1.